The molecule has 0 atom stereocenters. The van der Waals surface area contributed by atoms with Crippen molar-refractivity contribution in [2.45, 2.75) is 0 Å². The van der Waals surface area contributed by atoms with Crippen molar-refractivity contribution in [2.75, 3.05) is 4.90 Å². The van der Waals surface area contributed by atoms with E-state index >= 15 is 0 Å². The van der Waals surface area contributed by atoms with Crippen LogP contribution in [0.3, 0.4) is 0 Å². The van der Waals surface area contributed by atoms with Gasteiger partial charge in [-0.05, 0) is 18.2 Å². The molecular formula is C19H13N3O3. The third kappa shape index (κ3) is 2.70. The summed E-state index contributed by atoms with van der Waals surface area (Å²) in [6.45, 7) is 0. The van der Waals surface area contributed by atoms with Crippen LogP contribution in [0.25, 0.3) is 0 Å². The average molecular weight is 331 g/mol. The predicted octanol–water partition coefficient (Wildman–Crippen LogP) is 4.49. The predicted molar refractivity (Wildman–Crippen MR) is 95.3 cm³/mol. The number of para-hydroxylation sites is 1. The molecule has 6 heteroatoms. The highest BCUT2D eigenvalue weighted by Crippen LogP contribution is 2.40. The van der Waals surface area contributed by atoms with Crippen LogP contribution in [0, 0.1) is 10.1 Å². The molecule has 0 radical (unpaired) electrons. The van der Waals surface area contributed by atoms with Gasteiger partial charge in [0.2, 0.25) is 0 Å². The molecule has 0 saturated heterocycles. The second-order valence-corrected chi connectivity index (χ2v) is 5.45. The third-order valence-corrected chi connectivity index (χ3v) is 3.88. The van der Waals surface area contributed by atoms with Gasteiger partial charge in [-0.25, -0.2) is 0 Å². The molecule has 1 aliphatic heterocycles. The van der Waals surface area contributed by atoms with E-state index in [1.165, 1.54) is 12.1 Å². The maximum Gasteiger partial charge on any atom is 0.271 e. The summed E-state index contributed by atoms with van der Waals surface area (Å²) in [4.78, 5) is 18.1. The van der Waals surface area contributed by atoms with E-state index in [0.717, 1.165) is 11.3 Å². The van der Waals surface area contributed by atoms with Gasteiger partial charge in [0.15, 0.2) is 11.6 Å². The van der Waals surface area contributed by atoms with Crippen LogP contribution in [-0.4, -0.2) is 10.8 Å². The Morgan fingerprint density at radius 2 is 1.60 bits per heavy atom. The normalized spacial score (nSPS) is 12.8. The molecule has 4 rings (SSSR count). The molecule has 6 nitrogen and oxygen atoms in total. The van der Waals surface area contributed by atoms with Crippen LogP contribution in [0.5, 0.6) is 5.75 Å². The lowest BCUT2D eigenvalue weighted by molar-refractivity contribution is -0.384. The summed E-state index contributed by atoms with van der Waals surface area (Å²) in [5.74, 6) is 1.04. The molecule has 0 N–H and O–H groups in total. The van der Waals surface area contributed by atoms with Gasteiger partial charge in [0, 0.05) is 23.4 Å². The molecular weight excluding hydrogens is 318 g/mol. The SMILES string of the molecule is O=[N+]([O-])c1ccc2c(c1)N(c1ccccc1)C(c1ccccc1)=NO2. The zero-order chi connectivity index (χ0) is 17.2. The summed E-state index contributed by atoms with van der Waals surface area (Å²) in [6.07, 6.45) is 0. The van der Waals surface area contributed by atoms with Crippen LogP contribution in [0.1, 0.15) is 5.56 Å². The van der Waals surface area contributed by atoms with Crippen molar-refractivity contribution in [1.29, 1.82) is 0 Å². The first-order valence-corrected chi connectivity index (χ1v) is 7.68. The van der Waals surface area contributed by atoms with Gasteiger partial charge in [-0.3, -0.25) is 15.0 Å². The first-order chi connectivity index (χ1) is 12.2. The molecule has 0 unspecified atom stereocenters. The molecule has 3 aromatic carbocycles. The summed E-state index contributed by atoms with van der Waals surface area (Å²) in [5, 5.41) is 15.4. The van der Waals surface area contributed by atoms with Crippen molar-refractivity contribution < 1.29 is 9.76 Å². The molecule has 0 fully saturated rings. The summed E-state index contributed by atoms with van der Waals surface area (Å²) in [6, 6.07) is 23.6. The lowest BCUT2D eigenvalue weighted by Crippen LogP contribution is -2.30. The van der Waals surface area contributed by atoms with Crippen molar-refractivity contribution in [3.63, 3.8) is 0 Å². The van der Waals surface area contributed by atoms with Crippen LogP contribution >= 0.6 is 0 Å². The van der Waals surface area contributed by atoms with Crippen molar-refractivity contribution >= 4 is 22.9 Å². The minimum absolute atomic E-state index is 0.00223. The number of anilines is 2. The fourth-order valence-corrected chi connectivity index (χ4v) is 2.73. The zero-order valence-electron chi connectivity index (χ0n) is 13.1. The van der Waals surface area contributed by atoms with E-state index < -0.39 is 4.92 Å². The Balaban J connectivity index is 1.91. The number of nitro groups is 1. The maximum absolute atomic E-state index is 11.2. The van der Waals surface area contributed by atoms with Gasteiger partial charge in [0.25, 0.3) is 5.69 Å². The van der Waals surface area contributed by atoms with Crippen LogP contribution < -0.4 is 9.74 Å². The van der Waals surface area contributed by atoms with Crippen molar-refractivity contribution in [3.8, 4) is 5.75 Å². The first-order valence-electron chi connectivity index (χ1n) is 7.68. The Kier molecular flexibility index (Phi) is 3.63. The number of nitrogens with zero attached hydrogens (tertiary/aromatic N) is 3. The van der Waals surface area contributed by atoms with E-state index in [2.05, 4.69) is 5.16 Å². The number of benzene rings is 3. The number of hydrogen-bond acceptors (Lipinski definition) is 5. The van der Waals surface area contributed by atoms with E-state index in [0.29, 0.717) is 17.3 Å². The van der Waals surface area contributed by atoms with Crippen LogP contribution in [-0.2, 0) is 0 Å². The van der Waals surface area contributed by atoms with Crippen LogP contribution in [0.4, 0.5) is 17.1 Å². The quantitative estimate of drug-likeness (QED) is 0.524. The molecule has 0 amide bonds. The van der Waals surface area contributed by atoms with Crippen LogP contribution in [0.15, 0.2) is 84.0 Å². The highest BCUT2D eigenvalue weighted by molar-refractivity contribution is 6.15. The lowest BCUT2D eigenvalue weighted by atomic mass is 10.1. The Labute approximate surface area is 143 Å². The van der Waals surface area contributed by atoms with E-state index in [-0.39, 0.29) is 5.69 Å². The molecule has 122 valence electrons. The topological polar surface area (TPSA) is 68.0 Å². The second-order valence-electron chi connectivity index (χ2n) is 5.45. The second kappa shape index (κ2) is 6.09. The fraction of sp³-hybridized carbons (Fsp3) is 0. The van der Waals surface area contributed by atoms with E-state index in [9.17, 15) is 10.1 Å². The zero-order valence-corrected chi connectivity index (χ0v) is 13.1. The molecule has 0 spiro atoms. The van der Waals surface area contributed by atoms with Crippen molar-refractivity contribution in [2.24, 2.45) is 5.16 Å². The number of amidine groups is 1. The number of oxime groups is 1. The molecule has 0 aromatic heterocycles. The van der Waals surface area contributed by atoms with Gasteiger partial charge in [-0.2, -0.15) is 0 Å². The number of rotatable bonds is 3. The molecule has 25 heavy (non-hydrogen) atoms. The minimum atomic E-state index is -0.419. The van der Waals surface area contributed by atoms with E-state index in [1.807, 2.05) is 65.6 Å². The molecule has 0 saturated carbocycles. The number of fused-ring (bicyclic) bond motifs is 1. The van der Waals surface area contributed by atoms with Crippen LogP contribution in [0.2, 0.25) is 0 Å². The number of nitro benzene ring substituents is 1. The summed E-state index contributed by atoms with van der Waals surface area (Å²) < 4.78 is 0. The molecule has 1 aliphatic rings. The Morgan fingerprint density at radius 3 is 2.28 bits per heavy atom. The number of non-ortho nitro benzene ring substituents is 1. The van der Waals surface area contributed by atoms with Gasteiger partial charge in [0.1, 0.15) is 5.69 Å². The van der Waals surface area contributed by atoms with Gasteiger partial charge >= 0.3 is 0 Å². The van der Waals surface area contributed by atoms with Gasteiger partial charge in [0.05, 0.1) is 4.92 Å². The van der Waals surface area contributed by atoms with Gasteiger partial charge < -0.3 is 4.84 Å². The lowest BCUT2D eigenvalue weighted by Gasteiger charge is -2.30. The average Bonchev–Trinajstić information content (AvgIpc) is 2.68. The van der Waals surface area contributed by atoms with Crippen molar-refractivity contribution in [1.82, 2.24) is 0 Å². The largest absolute Gasteiger partial charge is 0.353 e. The summed E-state index contributed by atoms with van der Waals surface area (Å²) >= 11 is 0. The molecule has 1 heterocycles. The highest BCUT2D eigenvalue weighted by Gasteiger charge is 2.28. The standard InChI is InChI=1S/C19H13N3O3/c23-22(24)16-11-12-18-17(13-16)21(15-9-5-2-6-10-15)19(20-25-18)14-7-3-1-4-8-14/h1-13H. The maximum atomic E-state index is 11.2. The Bertz CT molecular complexity index is 956. The summed E-state index contributed by atoms with van der Waals surface area (Å²) in [5.41, 5.74) is 2.27. The number of hydrogen-bond donors (Lipinski definition) is 0. The van der Waals surface area contributed by atoms with E-state index in [1.54, 1.807) is 6.07 Å². The summed E-state index contributed by atoms with van der Waals surface area (Å²) in [7, 11) is 0. The van der Waals surface area contributed by atoms with E-state index in [4.69, 9.17) is 4.84 Å². The first kappa shape index (κ1) is 14.9. The molecule has 3 aromatic rings. The van der Waals surface area contributed by atoms with Crippen molar-refractivity contribution in [3.05, 3.63) is 94.5 Å². The smallest absolute Gasteiger partial charge is 0.271 e. The highest BCUT2D eigenvalue weighted by atomic mass is 16.6. The third-order valence-electron chi connectivity index (χ3n) is 3.88. The van der Waals surface area contributed by atoms with Gasteiger partial charge in [-0.1, -0.05) is 53.7 Å². The molecule has 0 bridgehead atoms. The van der Waals surface area contributed by atoms with Gasteiger partial charge in [-0.15, -0.1) is 0 Å². The monoisotopic (exact) mass is 331 g/mol. The Hall–Kier alpha value is -3.67. The minimum Gasteiger partial charge on any atom is -0.353 e. The molecule has 0 aliphatic carbocycles. The Morgan fingerprint density at radius 1 is 0.920 bits per heavy atom. The fourth-order valence-electron chi connectivity index (χ4n) is 2.73.